The molecule has 34 heavy (non-hydrogen) atoms. The number of imide groups is 1. The molecule has 1 unspecified atom stereocenters. The van der Waals surface area contributed by atoms with E-state index in [1.54, 1.807) is 4.90 Å². The maximum Gasteiger partial charge on any atom is 0.255 e. The zero-order valence-corrected chi connectivity index (χ0v) is 20.2. The van der Waals surface area contributed by atoms with Crippen LogP contribution >= 0.6 is 0 Å². The number of hydrogen-bond donors (Lipinski definition) is 1. The van der Waals surface area contributed by atoms with Crippen molar-refractivity contribution in [3.63, 3.8) is 0 Å². The SMILES string of the molecule is COC1(C)CCN([C@@H]2CCCC[C@H]2Oc2ccc3c(c2)CN(C2CCC(=O)NC2=O)C3=O)CC1. The van der Waals surface area contributed by atoms with E-state index in [0.29, 0.717) is 24.6 Å². The molecule has 1 aromatic rings. The van der Waals surface area contributed by atoms with Gasteiger partial charge >= 0.3 is 0 Å². The van der Waals surface area contributed by atoms with Crippen LogP contribution in [0.4, 0.5) is 0 Å². The summed E-state index contributed by atoms with van der Waals surface area (Å²) >= 11 is 0. The van der Waals surface area contributed by atoms with Gasteiger partial charge in [0.1, 0.15) is 17.9 Å². The molecule has 8 nitrogen and oxygen atoms in total. The Hall–Kier alpha value is -2.45. The highest BCUT2D eigenvalue weighted by molar-refractivity contribution is 6.05. The predicted molar refractivity (Wildman–Crippen MR) is 125 cm³/mol. The highest BCUT2D eigenvalue weighted by Gasteiger charge is 2.40. The molecule has 3 aliphatic heterocycles. The second kappa shape index (κ2) is 9.30. The highest BCUT2D eigenvalue weighted by Crippen LogP contribution is 2.34. The molecule has 1 aromatic carbocycles. The number of piperidine rings is 2. The van der Waals surface area contributed by atoms with Gasteiger partial charge in [0.2, 0.25) is 11.8 Å². The van der Waals surface area contributed by atoms with E-state index in [9.17, 15) is 14.4 Å². The van der Waals surface area contributed by atoms with Gasteiger partial charge in [0.05, 0.1) is 5.60 Å². The third kappa shape index (κ3) is 4.45. The standard InChI is InChI=1S/C26H35N3O5/c1-26(33-2)11-13-28(14-12-26)20-5-3-4-6-22(20)34-18-7-8-19-17(15-18)16-29(25(19)32)21-9-10-23(30)27-24(21)31/h7-8,15,20-22H,3-6,9-14,16H2,1-2H3,(H,27,30,31)/t20-,21?,22-/m1/s1. The van der Waals surface area contributed by atoms with Crippen LogP contribution in [0.25, 0.3) is 0 Å². The topological polar surface area (TPSA) is 88.2 Å². The molecule has 1 aliphatic carbocycles. The second-order valence-electron chi connectivity index (χ2n) is 10.4. The van der Waals surface area contributed by atoms with Crippen molar-refractivity contribution in [2.45, 2.75) is 88.6 Å². The van der Waals surface area contributed by atoms with E-state index in [-0.39, 0.29) is 35.8 Å². The number of rotatable bonds is 5. The maximum atomic E-state index is 13.0. The van der Waals surface area contributed by atoms with E-state index in [1.165, 1.54) is 6.42 Å². The van der Waals surface area contributed by atoms with E-state index in [2.05, 4.69) is 17.1 Å². The average molecular weight is 470 g/mol. The first kappa shape index (κ1) is 23.3. The molecular formula is C26H35N3O5. The second-order valence-corrected chi connectivity index (χ2v) is 10.4. The van der Waals surface area contributed by atoms with Crippen LogP contribution in [0.2, 0.25) is 0 Å². The molecular weight excluding hydrogens is 434 g/mol. The number of benzene rings is 1. The monoisotopic (exact) mass is 469 g/mol. The van der Waals surface area contributed by atoms with Gasteiger partial charge in [-0.1, -0.05) is 6.42 Å². The number of ether oxygens (including phenoxy) is 2. The average Bonchev–Trinajstić information content (AvgIpc) is 3.15. The van der Waals surface area contributed by atoms with Gasteiger partial charge in [0, 0.05) is 44.8 Å². The minimum Gasteiger partial charge on any atom is -0.489 e. The van der Waals surface area contributed by atoms with Gasteiger partial charge < -0.3 is 14.4 Å². The highest BCUT2D eigenvalue weighted by atomic mass is 16.5. The number of fused-ring (bicyclic) bond motifs is 1. The lowest BCUT2D eigenvalue weighted by molar-refractivity contribution is -0.136. The van der Waals surface area contributed by atoms with Crippen LogP contribution in [0, 0.1) is 0 Å². The fourth-order valence-electron chi connectivity index (χ4n) is 5.96. The van der Waals surface area contributed by atoms with Crippen LogP contribution < -0.4 is 10.1 Å². The Bertz CT molecular complexity index is 971. The van der Waals surface area contributed by atoms with E-state index < -0.39 is 6.04 Å². The molecule has 1 saturated carbocycles. The fourth-order valence-corrected chi connectivity index (χ4v) is 5.96. The molecule has 184 valence electrons. The molecule has 4 aliphatic rings. The number of carbonyl (C=O) groups excluding carboxylic acids is 3. The van der Waals surface area contributed by atoms with Gasteiger partial charge in [-0.15, -0.1) is 0 Å². The van der Waals surface area contributed by atoms with Gasteiger partial charge in [-0.2, -0.15) is 0 Å². The van der Waals surface area contributed by atoms with Gasteiger partial charge in [-0.3, -0.25) is 24.6 Å². The first-order chi connectivity index (χ1) is 16.4. The van der Waals surface area contributed by atoms with E-state index in [4.69, 9.17) is 9.47 Å². The minimum atomic E-state index is -0.596. The van der Waals surface area contributed by atoms with Crippen LogP contribution in [-0.4, -0.2) is 71.5 Å². The molecule has 0 aromatic heterocycles. The summed E-state index contributed by atoms with van der Waals surface area (Å²) in [5.74, 6) is -0.0258. The minimum absolute atomic E-state index is 0.0254. The lowest BCUT2D eigenvalue weighted by Crippen LogP contribution is -2.53. The summed E-state index contributed by atoms with van der Waals surface area (Å²) in [6.45, 7) is 4.61. The van der Waals surface area contributed by atoms with Crippen molar-refractivity contribution in [1.29, 1.82) is 0 Å². The van der Waals surface area contributed by atoms with Crippen molar-refractivity contribution in [1.82, 2.24) is 15.1 Å². The van der Waals surface area contributed by atoms with Crippen LogP contribution in [0.15, 0.2) is 18.2 Å². The van der Waals surface area contributed by atoms with E-state index in [0.717, 1.165) is 56.5 Å². The third-order valence-corrected chi connectivity index (χ3v) is 8.27. The number of methoxy groups -OCH3 is 1. The Morgan fingerprint density at radius 2 is 1.82 bits per heavy atom. The molecule has 0 radical (unpaired) electrons. The maximum absolute atomic E-state index is 13.0. The zero-order valence-electron chi connectivity index (χ0n) is 20.2. The fraction of sp³-hybridized carbons (Fsp3) is 0.654. The normalized spacial score (nSPS) is 29.6. The molecule has 0 bridgehead atoms. The number of nitrogens with one attached hydrogen (secondary N) is 1. The number of carbonyl (C=O) groups is 3. The lowest BCUT2D eigenvalue weighted by atomic mass is 9.87. The van der Waals surface area contributed by atoms with Gasteiger partial charge in [-0.05, 0) is 69.2 Å². The summed E-state index contributed by atoms with van der Waals surface area (Å²) in [6.07, 6.45) is 7.38. The van der Waals surface area contributed by atoms with Crippen LogP contribution in [0.5, 0.6) is 5.75 Å². The summed E-state index contributed by atoms with van der Waals surface area (Å²) in [7, 11) is 1.81. The molecule has 1 N–H and O–H groups in total. The lowest BCUT2D eigenvalue weighted by Gasteiger charge is -2.45. The predicted octanol–water partition coefficient (Wildman–Crippen LogP) is 2.64. The smallest absolute Gasteiger partial charge is 0.255 e. The van der Waals surface area contributed by atoms with Gasteiger partial charge in [0.25, 0.3) is 5.91 Å². The Kier molecular flexibility index (Phi) is 6.37. The number of nitrogens with zero attached hydrogens (tertiary/aromatic N) is 2. The number of hydrogen-bond acceptors (Lipinski definition) is 6. The molecule has 0 spiro atoms. The Morgan fingerprint density at radius 3 is 2.56 bits per heavy atom. The summed E-state index contributed by atoms with van der Waals surface area (Å²) in [5, 5.41) is 2.35. The first-order valence-electron chi connectivity index (χ1n) is 12.6. The quantitative estimate of drug-likeness (QED) is 0.667. The molecule has 3 atom stereocenters. The van der Waals surface area contributed by atoms with Crippen molar-refractivity contribution >= 4 is 17.7 Å². The van der Waals surface area contributed by atoms with Crippen LogP contribution in [0.3, 0.4) is 0 Å². The molecule has 8 heteroatoms. The number of likely N-dealkylation sites (tertiary alicyclic amines) is 1. The van der Waals surface area contributed by atoms with Crippen molar-refractivity contribution < 1.29 is 23.9 Å². The van der Waals surface area contributed by atoms with Crippen LogP contribution in [0.1, 0.15) is 74.2 Å². The largest absolute Gasteiger partial charge is 0.489 e. The summed E-state index contributed by atoms with van der Waals surface area (Å²) in [6, 6.07) is 5.46. The number of amides is 3. The van der Waals surface area contributed by atoms with Gasteiger partial charge in [-0.25, -0.2) is 0 Å². The Morgan fingerprint density at radius 1 is 1.06 bits per heavy atom. The summed E-state index contributed by atoms with van der Waals surface area (Å²) in [5.41, 5.74) is 1.48. The van der Waals surface area contributed by atoms with Crippen LogP contribution in [-0.2, 0) is 20.9 Å². The Balaban J connectivity index is 1.27. The van der Waals surface area contributed by atoms with Gasteiger partial charge in [0.15, 0.2) is 0 Å². The Labute approximate surface area is 200 Å². The van der Waals surface area contributed by atoms with E-state index >= 15 is 0 Å². The molecule has 3 amide bonds. The zero-order chi connectivity index (χ0) is 23.9. The molecule has 3 heterocycles. The summed E-state index contributed by atoms with van der Waals surface area (Å²) in [4.78, 5) is 40.9. The van der Waals surface area contributed by atoms with Crippen molar-refractivity contribution in [3.8, 4) is 5.75 Å². The molecule has 3 fully saturated rings. The molecule has 2 saturated heterocycles. The van der Waals surface area contributed by atoms with E-state index in [1.807, 2.05) is 25.3 Å². The molecule has 5 rings (SSSR count). The van der Waals surface area contributed by atoms with Crippen molar-refractivity contribution in [2.24, 2.45) is 0 Å². The summed E-state index contributed by atoms with van der Waals surface area (Å²) < 4.78 is 12.3. The first-order valence-corrected chi connectivity index (χ1v) is 12.6. The third-order valence-electron chi connectivity index (χ3n) is 8.27. The van der Waals surface area contributed by atoms with Crippen molar-refractivity contribution in [2.75, 3.05) is 20.2 Å². The van der Waals surface area contributed by atoms with Crippen molar-refractivity contribution in [3.05, 3.63) is 29.3 Å².